The van der Waals surface area contributed by atoms with Crippen LogP contribution >= 0.6 is 0 Å². The molecule has 0 atom stereocenters. The number of aromatic nitrogens is 5. The summed E-state index contributed by atoms with van der Waals surface area (Å²) in [6.07, 6.45) is 3.24. The fraction of sp³-hybridized carbons (Fsp3) is 0.545. The number of imidazole rings is 1. The molecular formula is C11H13FN6O2. The maximum atomic E-state index is 14.2. The third-order valence-electron chi connectivity index (χ3n) is 3.45. The minimum absolute atomic E-state index is 0.0206. The molecule has 0 saturated heterocycles. The fourth-order valence-electron chi connectivity index (χ4n) is 2.36. The van der Waals surface area contributed by atoms with Crippen LogP contribution in [0.1, 0.15) is 36.2 Å². The van der Waals surface area contributed by atoms with E-state index in [0.29, 0.717) is 0 Å². The van der Waals surface area contributed by atoms with Crippen LogP contribution < -0.4 is 11.0 Å². The van der Waals surface area contributed by atoms with Crippen molar-refractivity contribution in [1.82, 2.24) is 29.7 Å². The van der Waals surface area contributed by atoms with Crippen molar-refractivity contribution >= 4 is 11.6 Å². The zero-order valence-electron chi connectivity index (χ0n) is 10.8. The first-order valence-corrected chi connectivity index (χ1v) is 6.29. The molecule has 1 aliphatic rings. The van der Waals surface area contributed by atoms with Crippen molar-refractivity contribution in [3.8, 4) is 0 Å². The highest BCUT2D eigenvalue weighted by molar-refractivity contribution is 5.98. The molecule has 1 fully saturated rings. The summed E-state index contributed by atoms with van der Waals surface area (Å²) in [5.41, 5.74) is -0.552. The van der Waals surface area contributed by atoms with E-state index in [4.69, 9.17) is 0 Å². The summed E-state index contributed by atoms with van der Waals surface area (Å²) in [7, 11) is 1.43. The van der Waals surface area contributed by atoms with Crippen LogP contribution in [-0.2, 0) is 7.05 Å². The molecule has 0 aromatic carbocycles. The van der Waals surface area contributed by atoms with Crippen molar-refractivity contribution in [3.05, 3.63) is 22.5 Å². The zero-order valence-corrected chi connectivity index (χ0v) is 10.8. The molecule has 2 aromatic heterocycles. The minimum atomic E-state index is -1.69. The largest absolute Gasteiger partial charge is 0.352 e. The van der Waals surface area contributed by atoms with Crippen LogP contribution in [0.15, 0.2) is 11.1 Å². The van der Waals surface area contributed by atoms with Gasteiger partial charge in [0.05, 0.1) is 0 Å². The smallest absolute Gasteiger partial charge is 0.318 e. The Morgan fingerprint density at radius 1 is 1.45 bits per heavy atom. The number of hydrogen-bond donors (Lipinski definition) is 1. The molecule has 2 heterocycles. The topological polar surface area (TPSA) is 94.2 Å². The monoisotopic (exact) mass is 280 g/mol. The fourth-order valence-corrected chi connectivity index (χ4v) is 2.36. The molecule has 0 unspecified atom stereocenters. The Morgan fingerprint density at radius 3 is 2.85 bits per heavy atom. The number of fused-ring (bicyclic) bond motifs is 1. The van der Waals surface area contributed by atoms with Gasteiger partial charge in [0.25, 0.3) is 5.91 Å². The lowest BCUT2D eigenvalue weighted by Crippen LogP contribution is -2.42. The predicted octanol–water partition coefficient (Wildman–Crippen LogP) is -0.207. The SMILES string of the molecule is Cn1nnc2c(C(=O)NC3(F)CCCC3)ncn2c1=O. The average Bonchev–Trinajstić information content (AvgIpc) is 3.00. The number of aryl methyl sites for hydroxylation is 1. The predicted molar refractivity (Wildman–Crippen MR) is 65.8 cm³/mol. The van der Waals surface area contributed by atoms with Gasteiger partial charge in [0.15, 0.2) is 17.1 Å². The highest BCUT2D eigenvalue weighted by Crippen LogP contribution is 2.30. The van der Waals surface area contributed by atoms with Gasteiger partial charge in [-0.15, -0.1) is 5.10 Å². The highest BCUT2D eigenvalue weighted by Gasteiger charge is 2.36. The number of nitrogens with one attached hydrogen (secondary N) is 1. The van der Waals surface area contributed by atoms with Gasteiger partial charge in [-0.1, -0.05) is 5.21 Å². The maximum Gasteiger partial charge on any atom is 0.352 e. The van der Waals surface area contributed by atoms with Gasteiger partial charge < -0.3 is 5.32 Å². The first-order valence-electron chi connectivity index (χ1n) is 6.29. The molecule has 1 saturated carbocycles. The lowest BCUT2D eigenvalue weighted by atomic mass is 10.2. The maximum absolute atomic E-state index is 14.2. The molecule has 0 radical (unpaired) electrons. The van der Waals surface area contributed by atoms with E-state index in [-0.39, 0.29) is 24.2 Å². The molecule has 2 aromatic rings. The van der Waals surface area contributed by atoms with Gasteiger partial charge in [-0.25, -0.2) is 18.6 Å². The van der Waals surface area contributed by atoms with Crippen molar-refractivity contribution in [2.24, 2.45) is 7.05 Å². The number of rotatable bonds is 2. The third kappa shape index (κ3) is 1.95. The van der Waals surface area contributed by atoms with E-state index in [9.17, 15) is 14.0 Å². The average molecular weight is 280 g/mol. The highest BCUT2D eigenvalue weighted by atomic mass is 19.1. The Kier molecular flexibility index (Phi) is 2.77. The first kappa shape index (κ1) is 12.7. The summed E-state index contributed by atoms with van der Waals surface area (Å²) >= 11 is 0. The Morgan fingerprint density at radius 2 is 2.15 bits per heavy atom. The number of alkyl halides is 1. The summed E-state index contributed by atoms with van der Waals surface area (Å²) in [4.78, 5) is 27.7. The van der Waals surface area contributed by atoms with Gasteiger partial charge in [-0.05, 0) is 12.8 Å². The van der Waals surface area contributed by atoms with E-state index in [1.54, 1.807) is 0 Å². The second-order valence-corrected chi connectivity index (χ2v) is 4.91. The second kappa shape index (κ2) is 4.36. The normalized spacial score (nSPS) is 17.5. The van der Waals surface area contributed by atoms with Gasteiger partial charge >= 0.3 is 5.69 Å². The number of hydrogen-bond acceptors (Lipinski definition) is 5. The zero-order chi connectivity index (χ0) is 14.3. The second-order valence-electron chi connectivity index (χ2n) is 4.91. The number of amides is 1. The molecule has 0 spiro atoms. The standard InChI is InChI=1S/C11H13FN6O2/c1-17-10(20)18-6-13-7(8(18)15-16-17)9(19)14-11(12)4-2-3-5-11/h6H,2-5H2,1H3,(H,14,19). The molecule has 3 rings (SSSR count). The molecule has 1 amide bonds. The summed E-state index contributed by atoms with van der Waals surface area (Å²) in [5, 5.41) is 9.67. The number of nitrogens with zero attached hydrogens (tertiary/aromatic N) is 5. The van der Waals surface area contributed by atoms with Crippen molar-refractivity contribution < 1.29 is 9.18 Å². The molecular weight excluding hydrogens is 267 g/mol. The van der Waals surface area contributed by atoms with E-state index in [2.05, 4.69) is 20.6 Å². The van der Waals surface area contributed by atoms with Crippen molar-refractivity contribution in [3.63, 3.8) is 0 Å². The van der Waals surface area contributed by atoms with Gasteiger partial charge in [0.1, 0.15) is 6.33 Å². The third-order valence-corrected chi connectivity index (χ3v) is 3.45. The van der Waals surface area contributed by atoms with E-state index in [1.807, 2.05) is 0 Å². The Balaban J connectivity index is 1.96. The van der Waals surface area contributed by atoms with Crippen molar-refractivity contribution in [2.45, 2.75) is 31.5 Å². The summed E-state index contributed by atoms with van der Waals surface area (Å²) in [5.74, 6) is -2.38. The van der Waals surface area contributed by atoms with Gasteiger partial charge in [-0.3, -0.25) is 4.79 Å². The van der Waals surface area contributed by atoms with E-state index in [1.165, 1.54) is 13.4 Å². The Hall–Kier alpha value is -2.32. The Labute approximate surface area is 112 Å². The van der Waals surface area contributed by atoms with Crippen LogP contribution in [0.3, 0.4) is 0 Å². The summed E-state index contributed by atoms with van der Waals surface area (Å²) < 4.78 is 16.3. The first-order chi connectivity index (χ1) is 9.50. The van der Waals surface area contributed by atoms with Gasteiger partial charge in [0.2, 0.25) is 0 Å². The lowest BCUT2D eigenvalue weighted by Gasteiger charge is -2.19. The molecule has 0 bridgehead atoms. The van der Waals surface area contributed by atoms with Crippen LogP contribution in [0.25, 0.3) is 5.65 Å². The Bertz CT molecular complexity index is 730. The molecule has 1 aliphatic carbocycles. The number of carbonyl (C=O) groups is 1. The minimum Gasteiger partial charge on any atom is -0.318 e. The van der Waals surface area contributed by atoms with Crippen LogP contribution in [0, 0.1) is 0 Å². The quantitative estimate of drug-likeness (QED) is 0.768. The summed E-state index contributed by atoms with van der Waals surface area (Å²) in [6, 6.07) is 0. The number of carbonyl (C=O) groups excluding carboxylic acids is 1. The van der Waals surface area contributed by atoms with Gasteiger partial charge in [-0.2, -0.15) is 4.68 Å². The van der Waals surface area contributed by atoms with Crippen LogP contribution in [0.5, 0.6) is 0 Å². The van der Waals surface area contributed by atoms with Crippen molar-refractivity contribution in [2.75, 3.05) is 0 Å². The van der Waals surface area contributed by atoms with Crippen LogP contribution in [-0.4, -0.2) is 36.1 Å². The summed E-state index contributed by atoms with van der Waals surface area (Å²) in [6.45, 7) is 0. The molecule has 106 valence electrons. The van der Waals surface area contributed by atoms with Crippen LogP contribution in [0.4, 0.5) is 4.39 Å². The van der Waals surface area contributed by atoms with Crippen molar-refractivity contribution in [1.29, 1.82) is 0 Å². The molecule has 9 heteroatoms. The van der Waals surface area contributed by atoms with E-state index < -0.39 is 17.4 Å². The van der Waals surface area contributed by atoms with E-state index >= 15 is 0 Å². The number of halogens is 1. The lowest BCUT2D eigenvalue weighted by molar-refractivity contribution is 0.0722. The van der Waals surface area contributed by atoms with Crippen LogP contribution in [0.2, 0.25) is 0 Å². The molecule has 1 N–H and O–H groups in total. The molecule has 20 heavy (non-hydrogen) atoms. The molecule has 8 nitrogen and oxygen atoms in total. The van der Waals surface area contributed by atoms with E-state index in [0.717, 1.165) is 21.9 Å². The van der Waals surface area contributed by atoms with Gasteiger partial charge in [0, 0.05) is 19.9 Å². The molecule has 0 aliphatic heterocycles.